The van der Waals surface area contributed by atoms with Crippen LogP contribution < -0.4 is 14.8 Å². The van der Waals surface area contributed by atoms with Crippen molar-refractivity contribution in [2.75, 3.05) is 53.6 Å². The van der Waals surface area contributed by atoms with Crippen molar-refractivity contribution >= 4 is 24.0 Å². The first-order chi connectivity index (χ1) is 10.7. The van der Waals surface area contributed by atoms with Gasteiger partial charge in [0.1, 0.15) is 0 Å². The van der Waals surface area contributed by atoms with Crippen molar-refractivity contribution in [2.45, 2.75) is 13.0 Å². The van der Waals surface area contributed by atoms with Crippen LogP contribution in [0.2, 0.25) is 5.02 Å². The summed E-state index contributed by atoms with van der Waals surface area (Å²) in [5.41, 5.74) is 1.09. The number of nitrogens with zero attached hydrogens (tertiary/aromatic N) is 1. The molecule has 1 aromatic rings. The summed E-state index contributed by atoms with van der Waals surface area (Å²) < 4.78 is 15.9. The van der Waals surface area contributed by atoms with E-state index in [0.29, 0.717) is 16.5 Å². The lowest BCUT2D eigenvalue weighted by molar-refractivity contribution is 0.0374. The lowest BCUT2D eigenvalue weighted by Gasteiger charge is -2.26. The minimum atomic E-state index is 0. The fourth-order valence-corrected chi connectivity index (χ4v) is 2.87. The van der Waals surface area contributed by atoms with Gasteiger partial charge in [-0.1, -0.05) is 11.6 Å². The summed E-state index contributed by atoms with van der Waals surface area (Å²) in [5, 5.41) is 4.02. The van der Waals surface area contributed by atoms with E-state index in [0.717, 1.165) is 57.9 Å². The summed E-state index contributed by atoms with van der Waals surface area (Å²) in [5.74, 6) is 1.25. The second-order valence-corrected chi connectivity index (χ2v) is 5.70. The molecule has 0 unspecified atom stereocenters. The maximum atomic E-state index is 6.20. The molecule has 1 fully saturated rings. The molecule has 1 heterocycles. The van der Waals surface area contributed by atoms with Gasteiger partial charge < -0.3 is 19.5 Å². The molecule has 23 heavy (non-hydrogen) atoms. The predicted octanol–water partition coefficient (Wildman–Crippen LogP) is 2.59. The van der Waals surface area contributed by atoms with Crippen molar-refractivity contribution in [1.29, 1.82) is 0 Å². The highest BCUT2D eigenvalue weighted by Crippen LogP contribution is 2.35. The number of ether oxygens (including phenoxy) is 3. The second kappa shape index (κ2) is 10.9. The number of benzene rings is 1. The molecular formula is C16H26Cl2N2O3. The first-order valence-corrected chi connectivity index (χ1v) is 8.03. The molecule has 7 heteroatoms. The SMILES string of the molecule is COc1cc(CNCCCN2CCOCC2)cc(Cl)c1OC.Cl. The highest BCUT2D eigenvalue weighted by Gasteiger charge is 2.11. The van der Waals surface area contributed by atoms with Gasteiger partial charge in [0, 0.05) is 19.6 Å². The fourth-order valence-electron chi connectivity index (χ4n) is 2.56. The van der Waals surface area contributed by atoms with Crippen molar-refractivity contribution in [1.82, 2.24) is 10.2 Å². The molecule has 0 saturated carbocycles. The molecule has 1 aromatic carbocycles. The highest BCUT2D eigenvalue weighted by molar-refractivity contribution is 6.32. The van der Waals surface area contributed by atoms with Crippen molar-refractivity contribution in [2.24, 2.45) is 0 Å². The van der Waals surface area contributed by atoms with Gasteiger partial charge in [-0.2, -0.15) is 0 Å². The van der Waals surface area contributed by atoms with Crippen molar-refractivity contribution in [3.63, 3.8) is 0 Å². The zero-order chi connectivity index (χ0) is 15.8. The summed E-state index contributed by atoms with van der Waals surface area (Å²) >= 11 is 6.20. The molecular weight excluding hydrogens is 339 g/mol. The maximum Gasteiger partial charge on any atom is 0.179 e. The molecule has 0 aromatic heterocycles. The standard InChI is InChI=1S/C16H25ClN2O3.ClH/c1-20-15-11-13(10-14(17)16(15)21-2)12-18-4-3-5-19-6-8-22-9-7-19;/h10-11,18H,3-9,12H2,1-2H3;1H. The molecule has 2 rings (SSSR count). The topological polar surface area (TPSA) is 43.0 Å². The van der Waals surface area contributed by atoms with E-state index < -0.39 is 0 Å². The zero-order valence-corrected chi connectivity index (χ0v) is 15.3. The quantitative estimate of drug-likeness (QED) is 0.718. The third kappa shape index (κ3) is 6.36. The summed E-state index contributed by atoms with van der Waals surface area (Å²) in [6.07, 6.45) is 1.13. The van der Waals surface area contributed by atoms with Crippen LogP contribution in [0.15, 0.2) is 12.1 Å². The van der Waals surface area contributed by atoms with E-state index in [2.05, 4.69) is 10.2 Å². The smallest absolute Gasteiger partial charge is 0.179 e. The van der Waals surface area contributed by atoms with E-state index in [-0.39, 0.29) is 12.4 Å². The average molecular weight is 365 g/mol. The van der Waals surface area contributed by atoms with Crippen molar-refractivity contribution in [3.8, 4) is 11.5 Å². The Hall–Kier alpha value is -0.720. The predicted molar refractivity (Wildman–Crippen MR) is 95.4 cm³/mol. The van der Waals surface area contributed by atoms with Crippen LogP contribution in [0.3, 0.4) is 0 Å². The lowest BCUT2D eigenvalue weighted by atomic mass is 10.2. The van der Waals surface area contributed by atoms with E-state index in [4.69, 9.17) is 25.8 Å². The van der Waals surface area contributed by atoms with Gasteiger partial charge in [-0.15, -0.1) is 12.4 Å². The van der Waals surface area contributed by atoms with Crippen LogP contribution in [0, 0.1) is 0 Å². The molecule has 0 aliphatic carbocycles. The first-order valence-electron chi connectivity index (χ1n) is 7.66. The fraction of sp³-hybridized carbons (Fsp3) is 0.625. The molecule has 0 spiro atoms. The Kier molecular flexibility index (Phi) is 9.67. The van der Waals surface area contributed by atoms with E-state index in [9.17, 15) is 0 Å². The molecule has 0 atom stereocenters. The van der Waals surface area contributed by atoms with E-state index in [1.165, 1.54) is 0 Å². The average Bonchev–Trinajstić information content (AvgIpc) is 2.55. The Morgan fingerprint density at radius 2 is 1.96 bits per heavy atom. The summed E-state index contributed by atoms with van der Waals surface area (Å²) in [4.78, 5) is 2.44. The number of nitrogens with one attached hydrogen (secondary N) is 1. The Balaban J connectivity index is 0.00000264. The third-order valence-corrected chi connectivity index (χ3v) is 4.03. The van der Waals surface area contributed by atoms with Crippen LogP contribution in [-0.2, 0) is 11.3 Å². The van der Waals surface area contributed by atoms with Gasteiger partial charge in [-0.3, -0.25) is 4.90 Å². The minimum Gasteiger partial charge on any atom is -0.493 e. The first kappa shape index (κ1) is 20.3. The molecule has 1 saturated heterocycles. The molecule has 1 aliphatic rings. The van der Waals surface area contributed by atoms with Gasteiger partial charge in [0.2, 0.25) is 0 Å². The van der Waals surface area contributed by atoms with Crippen LogP contribution >= 0.6 is 24.0 Å². The Labute approximate surface area is 149 Å². The van der Waals surface area contributed by atoms with E-state index in [1.807, 2.05) is 12.1 Å². The molecule has 132 valence electrons. The molecule has 1 N–H and O–H groups in total. The van der Waals surface area contributed by atoms with Crippen molar-refractivity contribution < 1.29 is 14.2 Å². The van der Waals surface area contributed by atoms with E-state index in [1.54, 1.807) is 14.2 Å². The third-order valence-electron chi connectivity index (χ3n) is 3.75. The minimum absolute atomic E-state index is 0. The number of rotatable bonds is 8. The van der Waals surface area contributed by atoms with Crippen LogP contribution in [0.25, 0.3) is 0 Å². The van der Waals surface area contributed by atoms with Gasteiger partial charge in [-0.05, 0) is 37.2 Å². The molecule has 0 amide bonds. The Morgan fingerprint density at radius 1 is 1.22 bits per heavy atom. The van der Waals surface area contributed by atoms with E-state index >= 15 is 0 Å². The van der Waals surface area contributed by atoms with Gasteiger partial charge >= 0.3 is 0 Å². The largest absolute Gasteiger partial charge is 0.493 e. The van der Waals surface area contributed by atoms with Gasteiger partial charge in [0.05, 0.1) is 32.5 Å². The highest BCUT2D eigenvalue weighted by atomic mass is 35.5. The molecule has 0 radical (unpaired) electrons. The summed E-state index contributed by atoms with van der Waals surface area (Å²) in [6.45, 7) is 6.67. The molecule has 0 bridgehead atoms. The Morgan fingerprint density at radius 3 is 2.61 bits per heavy atom. The molecule has 1 aliphatic heterocycles. The number of halogens is 2. The number of morpholine rings is 1. The normalized spacial score (nSPS) is 15.1. The van der Waals surface area contributed by atoms with Gasteiger partial charge in [-0.25, -0.2) is 0 Å². The monoisotopic (exact) mass is 364 g/mol. The summed E-state index contributed by atoms with van der Waals surface area (Å²) in [7, 11) is 3.21. The number of hydrogen-bond donors (Lipinski definition) is 1. The van der Waals surface area contributed by atoms with Crippen LogP contribution in [-0.4, -0.2) is 58.5 Å². The molecule has 5 nitrogen and oxygen atoms in total. The van der Waals surface area contributed by atoms with Crippen molar-refractivity contribution in [3.05, 3.63) is 22.7 Å². The van der Waals surface area contributed by atoms with Gasteiger partial charge in [0.25, 0.3) is 0 Å². The van der Waals surface area contributed by atoms with Crippen LogP contribution in [0.5, 0.6) is 11.5 Å². The zero-order valence-electron chi connectivity index (χ0n) is 13.8. The summed E-state index contributed by atoms with van der Waals surface area (Å²) in [6, 6.07) is 3.87. The van der Waals surface area contributed by atoms with Crippen LogP contribution in [0.4, 0.5) is 0 Å². The van der Waals surface area contributed by atoms with Gasteiger partial charge in [0.15, 0.2) is 11.5 Å². The number of methoxy groups -OCH3 is 2. The lowest BCUT2D eigenvalue weighted by Crippen LogP contribution is -2.37. The second-order valence-electron chi connectivity index (χ2n) is 5.30. The number of hydrogen-bond acceptors (Lipinski definition) is 5. The Bertz CT molecular complexity index is 469. The maximum absolute atomic E-state index is 6.20. The van der Waals surface area contributed by atoms with Crippen LogP contribution in [0.1, 0.15) is 12.0 Å².